The quantitative estimate of drug-likeness (QED) is 0.490. The summed E-state index contributed by atoms with van der Waals surface area (Å²) in [5, 5.41) is 9.72. The monoisotopic (exact) mass is 156 g/mol. The van der Waals surface area contributed by atoms with Gasteiger partial charge in [-0.15, -0.1) is 11.8 Å². The second-order valence-electron chi connectivity index (χ2n) is 1.81. The molecule has 0 aliphatic heterocycles. The maximum atomic E-state index is 9.09. The summed E-state index contributed by atoms with van der Waals surface area (Å²) in [6.45, 7) is 1.79. The molecule has 1 rings (SSSR count). The predicted molar refractivity (Wildman–Crippen MR) is 40.2 cm³/mol. The topological polar surface area (TPSA) is 46.0 Å². The number of aromatic hydroxyl groups is 1. The van der Waals surface area contributed by atoms with Crippen molar-refractivity contribution in [2.75, 3.05) is 6.26 Å². The zero-order valence-electron chi connectivity index (χ0n) is 5.83. The van der Waals surface area contributed by atoms with Gasteiger partial charge in [-0.25, -0.2) is 9.97 Å². The van der Waals surface area contributed by atoms with Crippen molar-refractivity contribution in [2.45, 2.75) is 11.9 Å². The van der Waals surface area contributed by atoms with E-state index in [4.69, 9.17) is 5.11 Å². The average molecular weight is 156 g/mol. The van der Waals surface area contributed by atoms with Gasteiger partial charge in [-0.3, -0.25) is 0 Å². The minimum atomic E-state index is 0.151. The first-order chi connectivity index (χ1) is 4.74. The summed E-state index contributed by atoms with van der Waals surface area (Å²) in [7, 11) is 0. The first-order valence-electron chi connectivity index (χ1n) is 2.80. The Hall–Kier alpha value is -0.770. The van der Waals surface area contributed by atoms with Crippen LogP contribution in [-0.2, 0) is 0 Å². The molecule has 1 N–H and O–H groups in total. The van der Waals surface area contributed by atoms with Crippen LogP contribution in [0.1, 0.15) is 5.82 Å². The normalized spacial score (nSPS) is 9.80. The van der Waals surface area contributed by atoms with Crippen LogP contribution in [0.25, 0.3) is 0 Å². The number of thioether (sulfide) groups is 1. The van der Waals surface area contributed by atoms with Crippen molar-refractivity contribution in [2.24, 2.45) is 0 Å². The van der Waals surface area contributed by atoms with Gasteiger partial charge in [-0.1, -0.05) is 0 Å². The van der Waals surface area contributed by atoms with Crippen molar-refractivity contribution < 1.29 is 5.11 Å². The Labute approximate surface area is 63.5 Å². The Morgan fingerprint density at radius 1 is 1.60 bits per heavy atom. The largest absolute Gasteiger partial charge is 0.504 e. The Balaban J connectivity index is 3.09. The van der Waals surface area contributed by atoms with Gasteiger partial charge in [0.2, 0.25) is 0 Å². The average Bonchev–Trinajstić information content (AvgIpc) is 1.94. The van der Waals surface area contributed by atoms with Gasteiger partial charge in [0.1, 0.15) is 10.9 Å². The highest BCUT2D eigenvalue weighted by Crippen LogP contribution is 2.21. The fourth-order valence-electron chi connectivity index (χ4n) is 0.593. The molecular weight excluding hydrogens is 148 g/mol. The highest BCUT2D eigenvalue weighted by Gasteiger charge is 2.00. The molecule has 0 amide bonds. The van der Waals surface area contributed by atoms with Crippen molar-refractivity contribution in [3.05, 3.63) is 12.0 Å². The lowest BCUT2D eigenvalue weighted by atomic mass is 10.6. The van der Waals surface area contributed by atoms with E-state index in [-0.39, 0.29) is 5.75 Å². The standard InChI is InChI=1S/C6H8N2OS/c1-4-7-3-5(9)6(8-4)10-2/h3,9H,1-2H3. The summed E-state index contributed by atoms with van der Waals surface area (Å²) >= 11 is 1.41. The lowest BCUT2D eigenvalue weighted by Crippen LogP contribution is -1.88. The van der Waals surface area contributed by atoms with Crippen LogP contribution in [0, 0.1) is 6.92 Å². The summed E-state index contributed by atoms with van der Waals surface area (Å²) in [5.41, 5.74) is 0. The maximum absolute atomic E-state index is 9.09. The minimum Gasteiger partial charge on any atom is -0.504 e. The second-order valence-corrected chi connectivity index (χ2v) is 2.61. The van der Waals surface area contributed by atoms with E-state index in [2.05, 4.69) is 9.97 Å². The van der Waals surface area contributed by atoms with Gasteiger partial charge >= 0.3 is 0 Å². The molecule has 0 unspecified atom stereocenters. The van der Waals surface area contributed by atoms with Gasteiger partial charge in [0.15, 0.2) is 5.75 Å². The van der Waals surface area contributed by atoms with E-state index in [0.717, 1.165) is 0 Å². The summed E-state index contributed by atoms with van der Waals surface area (Å²) < 4.78 is 0. The molecule has 0 saturated heterocycles. The number of nitrogens with zero attached hydrogens (tertiary/aromatic N) is 2. The summed E-state index contributed by atoms with van der Waals surface area (Å²) in [4.78, 5) is 7.81. The molecule has 0 aliphatic carbocycles. The molecule has 0 aromatic carbocycles. The molecule has 1 aromatic rings. The first kappa shape index (κ1) is 7.34. The van der Waals surface area contributed by atoms with Crippen molar-refractivity contribution in [1.82, 2.24) is 9.97 Å². The molecule has 1 heterocycles. The zero-order chi connectivity index (χ0) is 7.56. The number of rotatable bonds is 1. The molecule has 3 nitrogen and oxygen atoms in total. The van der Waals surface area contributed by atoms with Gasteiger partial charge in [0.05, 0.1) is 6.20 Å². The molecule has 0 bridgehead atoms. The van der Waals surface area contributed by atoms with Crippen LogP contribution in [0.4, 0.5) is 0 Å². The summed E-state index contributed by atoms with van der Waals surface area (Å²) in [6, 6.07) is 0. The van der Waals surface area contributed by atoms with E-state index in [1.807, 2.05) is 6.26 Å². The molecule has 0 aliphatic rings. The Morgan fingerprint density at radius 2 is 2.30 bits per heavy atom. The van der Waals surface area contributed by atoms with Crippen molar-refractivity contribution in [3.8, 4) is 5.75 Å². The molecule has 0 fully saturated rings. The number of aromatic nitrogens is 2. The van der Waals surface area contributed by atoms with Gasteiger partial charge in [-0.05, 0) is 13.2 Å². The molecule has 0 spiro atoms. The third kappa shape index (κ3) is 1.39. The third-order valence-corrected chi connectivity index (χ3v) is 1.74. The highest BCUT2D eigenvalue weighted by molar-refractivity contribution is 7.98. The molecule has 54 valence electrons. The summed E-state index contributed by atoms with van der Waals surface area (Å²) in [5.74, 6) is 0.834. The fourth-order valence-corrected chi connectivity index (χ4v) is 1.08. The SMILES string of the molecule is CSc1nc(C)ncc1O. The molecule has 0 radical (unpaired) electrons. The Morgan fingerprint density at radius 3 is 2.80 bits per heavy atom. The lowest BCUT2D eigenvalue weighted by Gasteiger charge is -1.98. The van der Waals surface area contributed by atoms with E-state index in [9.17, 15) is 0 Å². The first-order valence-corrected chi connectivity index (χ1v) is 4.03. The van der Waals surface area contributed by atoms with E-state index in [0.29, 0.717) is 10.9 Å². The minimum absolute atomic E-state index is 0.151. The van der Waals surface area contributed by atoms with Crippen LogP contribution in [0.2, 0.25) is 0 Å². The highest BCUT2D eigenvalue weighted by atomic mass is 32.2. The predicted octanol–water partition coefficient (Wildman–Crippen LogP) is 1.21. The van der Waals surface area contributed by atoms with Gasteiger partial charge in [0.25, 0.3) is 0 Å². The number of hydrogen-bond acceptors (Lipinski definition) is 4. The van der Waals surface area contributed by atoms with E-state index >= 15 is 0 Å². The van der Waals surface area contributed by atoms with E-state index < -0.39 is 0 Å². The third-order valence-electron chi connectivity index (χ3n) is 1.05. The lowest BCUT2D eigenvalue weighted by molar-refractivity contribution is 0.452. The Bertz CT molecular complexity index is 239. The van der Waals surface area contributed by atoms with E-state index in [1.165, 1.54) is 18.0 Å². The van der Waals surface area contributed by atoms with Crippen LogP contribution >= 0.6 is 11.8 Å². The van der Waals surface area contributed by atoms with E-state index in [1.54, 1.807) is 6.92 Å². The number of aryl methyl sites for hydroxylation is 1. The zero-order valence-corrected chi connectivity index (χ0v) is 6.64. The molecule has 0 atom stereocenters. The molecule has 1 aromatic heterocycles. The molecular formula is C6H8N2OS. The van der Waals surface area contributed by atoms with Gasteiger partial charge < -0.3 is 5.11 Å². The van der Waals surface area contributed by atoms with Crippen LogP contribution in [-0.4, -0.2) is 21.3 Å². The number of hydrogen-bond donors (Lipinski definition) is 1. The maximum Gasteiger partial charge on any atom is 0.166 e. The molecule has 0 saturated carbocycles. The fraction of sp³-hybridized carbons (Fsp3) is 0.333. The van der Waals surface area contributed by atoms with Crippen LogP contribution in [0.15, 0.2) is 11.2 Å². The molecule has 4 heteroatoms. The summed E-state index contributed by atoms with van der Waals surface area (Å²) in [6.07, 6.45) is 3.27. The smallest absolute Gasteiger partial charge is 0.166 e. The van der Waals surface area contributed by atoms with Crippen LogP contribution in [0.5, 0.6) is 5.75 Å². The van der Waals surface area contributed by atoms with Crippen molar-refractivity contribution in [3.63, 3.8) is 0 Å². The van der Waals surface area contributed by atoms with Crippen molar-refractivity contribution in [1.29, 1.82) is 0 Å². The van der Waals surface area contributed by atoms with Gasteiger partial charge in [-0.2, -0.15) is 0 Å². The van der Waals surface area contributed by atoms with Crippen molar-refractivity contribution >= 4 is 11.8 Å². The Kier molecular flexibility index (Phi) is 2.11. The molecule has 10 heavy (non-hydrogen) atoms. The van der Waals surface area contributed by atoms with Gasteiger partial charge in [0, 0.05) is 0 Å². The second kappa shape index (κ2) is 2.88. The van der Waals surface area contributed by atoms with Crippen LogP contribution in [0.3, 0.4) is 0 Å². The van der Waals surface area contributed by atoms with Crippen LogP contribution < -0.4 is 0 Å².